The van der Waals surface area contributed by atoms with Gasteiger partial charge < -0.3 is 20.3 Å². The maximum absolute atomic E-state index is 15.4. The van der Waals surface area contributed by atoms with E-state index in [1.165, 1.54) is 38.6 Å². The monoisotopic (exact) mass is 1090 g/mol. The third-order valence-electron chi connectivity index (χ3n) is 17.0. The SMILES string of the molecule is O=S(=O)(O)c1cc(S(=O)(=O)N(CCCCNc2c3ccccc3nc3ccccc23)CCCNc2c3ccccc3nc3ccccc23)ccc1C1=c2cc3c4c(c2Oc2c1cc1c5c2CCCN5CCC1)CCC[N+]=4CCC3. The standard InChI is InChI=1S/C64H61N7O6S2/c72-78(73,71(37-15-31-66-60-46-20-3-7-26-55(46)68-56-27-8-4-21-47(56)60)36-10-9-30-65-59-44-18-1-5-24-53(44)67-54-25-6-2-19-45(54)59)43-28-29-48(57(40-43)79(74,75)76)58-51-38-41-16-11-32-69-34-13-22-49(61(41)69)63(51)77-64-50-23-14-35-70-33-12-17-42(62(50)70)39-52(58)64/h1-8,18-21,24-29,38-40H,9-17,22-23,30-37H2,(H2-,65,66,67,68,74,75,76)/p+1. The Morgan fingerprint density at radius 1 is 0.582 bits per heavy atom. The van der Waals surface area contributed by atoms with Crippen LogP contribution in [0.5, 0.6) is 11.5 Å². The van der Waals surface area contributed by atoms with E-state index in [1.54, 1.807) is 6.07 Å². The van der Waals surface area contributed by atoms with E-state index in [4.69, 9.17) is 14.7 Å². The van der Waals surface area contributed by atoms with E-state index in [9.17, 15) is 13.0 Å². The van der Waals surface area contributed by atoms with E-state index in [0.29, 0.717) is 37.9 Å². The average molecular weight is 1090 g/mol. The molecule has 79 heavy (non-hydrogen) atoms. The summed E-state index contributed by atoms with van der Waals surface area (Å²) in [5.74, 6) is 1.48. The zero-order valence-corrected chi connectivity index (χ0v) is 45.7. The molecule has 5 aliphatic rings. The van der Waals surface area contributed by atoms with Crippen LogP contribution in [0.15, 0.2) is 137 Å². The van der Waals surface area contributed by atoms with Crippen LogP contribution in [0, 0.1) is 0 Å². The maximum atomic E-state index is 15.4. The van der Waals surface area contributed by atoms with Crippen LogP contribution in [0.1, 0.15) is 78.3 Å². The lowest BCUT2D eigenvalue weighted by molar-refractivity contribution is 0.399. The summed E-state index contributed by atoms with van der Waals surface area (Å²) in [5, 5.41) is 13.3. The molecule has 3 N–H and O–H groups in total. The van der Waals surface area contributed by atoms with Gasteiger partial charge in [0.15, 0.2) is 0 Å². The summed E-state index contributed by atoms with van der Waals surface area (Å²) in [6.45, 7) is 5.27. The van der Waals surface area contributed by atoms with Crippen LogP contribution >= 0.6 is 0 Å². The summed E-state index contributed by atoms with van der Waals surface area (Å²) >= 11 is 0. The van der Waals surface area contributed by atoms with Crippen LogP contribution in [-0.2, 0) is 45.8 Å². The number of nitrogens with zero attached hydrogens (tertiary/aromatic N) is 5. The van der Waals surface area contributed by atoms with Gasteiger partial charge in [0.1, 0.15) is 29.5 Å². The molecule has 0 aliphatic carbocycles. The molecule has 0 bridgehead atoms. The van der Waals surface area contributed by atoms with Gasteiger partial charge in [0, 0.05) is 112 Å². The topological polar surface area (TPSA) is 157 Å². The number of unbranched alkanes of at least 4 members (excludes halogenated alkanes) is 1. The number of aromatic nitrogens is 2. The van der Waals surface area contributed by atoms with Crippen LogP contribution in [0.2, 0.25) is 0 Å². The number of nitrogens with one attached hydrogen (secondary N) is 2. The first-order valence-corrected chi connectivity index (χ1v) is 31.0. The van der Waals surface area contributed by atoms with Gasteiger partial charge in [-0.1, -0.05) is 78.9 Å². The number of para-hydroxylation sites is 4. The number of sulfonamides is 1. The predicted molar refractivity (Wildman–Crippen MR) is 315 cm³/mol. The Balaban J connectivity index is 0.838. The number of fused-ring (bicyclic) bond motifs is 8. The fourth-order valence-electron chi connectivity index (χ4n) is 13.5. The second-order valence-corrected chi connectivity index (χ2v) is 25.2. The van der Waals surface area contributed by atoms with Crippen molar-refractivity contribution in [2.75, 3.05) is 67.9 Å². The van der Waals surface area contributed by atoms with Gasteiger partial charge in [0.2, 0.25) is 15.4 Å². The Morgan fingerprint density at radius 3 is 1.77 bits per heavy atom. The maximum Gasteiger partial charge on any atom is 0.295 e. The molecule has 0 unspecified atom stereocenters. The number of aryl methyl sites for hydroxylation is 2. The van der Waals surface area contributed by atoms with Gasteiger partial charge in [-0.15, -0.1) is 0 Å². The van der Waals surface area contributed by atoms with Gasteiger partial charge in [0.25, 0.3) is 10.1 Å². The predicted octanol–water partition coefficient (Wildman–Crippen LogP) is 10.2. The van der Waals surface area contributed by atoms with Crippen LogP contribution in [-0.4, -0.2) is 88.0 Å². The Kier molecular flexibility index (Phi) is 12.6. The van der Waals surface area contributed by atoms with Crippen molar-refractivity contribution < 1.29 is 26.1 Å². The van der Waals surface area contributed by atoms with E-state index in [-0.39, 0.29) is 23.5 Å². The summed E-state index contributed by atoms with van der Waals surface area (Å²) in [5.41, 5.74) is 13.0. The molecule has 9 aromatic rings. The molecule has 15 heteroatoms. The first-order valence-electron chi connectivity index (χ1n) is 28.2. The van der Waals surface area contributed by atoms with Crippen LogP contribution in [0.4, 0.5) is 17.1 Å². The normalized spacial score (nSPS) is 15.7. The lowest BCUT2D eigenvalue weighted by Gasteiger charge is -2.39. The average Bonchev–Trinajstić information content (AvgIpc) is 3.66. The number of hydrogen-bond donors (Lipinski definition) is 3. The molecule has 14 rings (SSSR count). The molecule has 0 amide bonds. The van der Waals surface area contributed by atoms with Crippen molar-refractivity contribution in [3.8, 4) is 11.5 Å². The minimum atomic E-state index is -5.02. The van der Waals surface area contributed by atoms with Gasteiger partial charge >= 0.3 is 0 Å². The van der Waals surface area contributed by atoms with Crippen LogP contribution < -0.4 is 35.4 Å². The van der Waals surface area contributed by atoms with Crippen molar-refractivity contribution in [1.29, 1.82) is 0 Å². The molecule has 5 aliphatic heterocycles. The number of ether oxygens (including phenoxy) is 1. The largest absolute Gasteiger partial charge is 0.455 e. The van der Waals surface area contributed by atoms with E-state index in [1.807, 2.05) is 84.9 Å². The molecule has 13 nitrogen and oxygen atoms in total. The second kappa shape index (κ2) is 20.0. The molecule has 0 spiro atoms. The summed E-state index contributed by atoms with van der Waals surface area (Å²) in [4.78, 5) is 11.6. The van der Waals surface area contributed by atoms with Gasteiger partial charge in [-0.05, 0) is 112 Å². The Labute approximate surface area is 460 Å². The fraction of sp³-hybridized carbons (Fsp3) is 0.297. The number of hydrogen-bond acceptors (Lipinski definition) is 10. The van der Waals surface area contributed by atoms with E-state index >= 15 is 8.42 Å². The molecular weight excluding hydrogens is 1030 g/mol. The van der Waals surface area contributed by atoms with E-state index < -0.39 is 25.0 Å². The number of anilines is 3. The molecule has 2 aromatic heterocycles. The summed E-state index contributed by atoms with van der Waals surface area (Å²) in [6.07, 6.45) is 8.99. The molecule has 400 valence electrons. The third kappa shape index (κ3) is 8.76. The van der Waals surface area contributed by atoms with Crippen molar-refractivity contribution >= 4 is 86.4 Å². The van der Waals surface area contributed by atoms with E-state index in [0.717, 1.165) is 166 Å². The Morgan fingerprint density at radius 2 is 1.14 bits per heavy atom. The van der Waals surface area contributed by atoms with E-state index in [2.05, 4.69) is 44.4 Å². The molecule has 0 saturated carbocycles. The van der Waals surface area contributed by atoms with Gasteiger partial charge in [-0.2, -0.15) is 12.7 Å². The molecule has 0 radical (unpaired) electrons. The molecular formula is C64H62N7O6S2+. The zero-order valence-electron chi connectivity index (χ0n) is 44.1. The first-order chi connectivity index (χ1) is 38.6. The Bertz CT molecular complexity index is 4260. The smallest absolute Gasteiger partial charge is 0.295 e. The van der Waals surface area contributed by atoms with Crippen molar-refractivity contribution in [2.45, 2.75) is 80.4 Å². The molecule has 7 aromatic carbocycles. The zero-order chi connectivity index (χ0) is 53.4. The summed E-state index contributed by atoms with van der Waals surface area (Å²) < 4.78 is 81.7. The Hall–Kier alpha value is -7.43. The summed E-state index contributed by atoms with van der Waals surface area (Å²) in [7, 11) is -9.38. The molecule has 0 atom stereocenters. The highest BCUT2D eigenvalue weighted by Gasteiger charge is 2.38. The van der Waals surface area contributed by atoms with Crippen molar-refractivity contribution in [2.24, 2.45) is 0 Å². The number of rotatable bonds is 15. The lowest BCUT2D eigenvalue weighted by atomic mass is 9.82. The fourth-order valence-corrected chi connectivity index (χ4v) is 15.9. The van der Waals surface area contributed by atoms with Crippen molar-refractivity contribution in [3.05, 3.63) is 171 Å². The van der Waals surface area contributed by atoms with Gasteiger partial charge in [-0.3, -0.25) is 4.55 Å². The number of benzene rings is 7. The highest BCUT2D eigenvalue weighted by atomic mass is 32.2. The minimum Gasteiger partial charge on any atom is -0.455 e. The lowest BCUT2D eigenvalue weighted by Crippen LogP contribution is -2.45. The third-order valence-corrected chi connectivity index (χ3v) is 19.8. The molecule has 0 saturated heterocycles. The van der Waals surface area contributed by atoms with Crippen LogP contribution in [0.25, 0.3) is 49.2 Å². The van der Waals surface area contributed by atoms with Crippen LogP contribution in [0.3, 0.4) is 0 Å². The first kappa shape index (κ1) is 49.8. The highest BCUT2D eigenvalue weighted by Crippen LogP contribution is 2.49. The highest BCUT2D eigenvalue weighted by molar-refractivity contribution is 7.89. The second-order valence-electron chi connectivity index (χ2n) is 21.8. The van der Waals surface area contributed by atoms with Gasteiger partial charge in [-0.25, -0.2) is 23.0 Å². The van der Waals surface area contributed by atoms with Crippen molar-refractivity contribution in [3.63, 3.8) is 0 Å². The summed E-state index contributed by atoms with van der Waals surface area (Å²) in [6, 6.07) is 40.8. The van der Waals surface area contributed by atoms with Crippen molar-refractivity contribution in [1.82, 2.24) is 18.8 Å². The quantitative estimate of drug-likeness (QED) is 0.0389. The van der Waals surface area contributed by atoms with Gasteiger partial charge in [0.05, 0.1) is 43.9 Å². The molecule has 7 heterocycles. The minimum absolute atomic E-state index is 0.150. The number of pyridine rings is 2. The molecule has 0 fully saturated rings.